The van der Waals surface area contributed by atoms with Crippen LogP contribution in [0, 0.1) is 0 Å². The third-order valence-corrected chi connectivity index (χ3v) is 2.36. The van der Waals surface area contributed by atoms with Crippen molar-refractivity contribution < 1.29 is 4.74 Å². The standard InChI is InChI=1S/C12H21N3O/c1-10(2)11-8-12(15-9-14-11)13-6-4-5-7-16-3/h8-10H,4-7H2,1-3H3,(H,13,14,15). The van der Waals surface area contributed by atoms with Crippen LogP contribution >= 0.6 is 0 Å². The summed E-state index contributed by atoms with van der Waals surface area (Å²) in [6, 6.07) is 2.01. The van der Waals surface area contributed by atoms with Gasteiger partial charge in [0.1, 0.15) is 12.1 Å². The molecule has 1 rings (SSSR count). The van der Waals surface area contributed by atoms with Crippen LogP contribution in [0.1, 0.15) is 38.3 Å². The Balaban J connectivity index is 2.33. The molecule has 0 spiro atoms. The van der Waals surface area contributed by atoms with Crippen molar-refractivity contribution in [2.24, 2.45) is 0 Å². The molecule has 1 aromatic heterocycles. The van der Waals surface area contributed by atoms with Gasteiger partial charge < -0.3 is 10.1 Å². The second-order valence-electron chi connectivity index (χ2n) is 4.11. The van der Waals surface area contributed by atoms with E-state index < -0.39 is 0 Å². The molecule has 1 aromatic rings. The molecule has 0 saturated carbocycles. The Kier molecular flexibility index (Phi) is 5.78. The van der Waals surface area contributed by atoms with Crippen molar-refractivity contribution in [3.63, 3.8) is 0 Å². The van der Waals surface area contributed by atoms with E-state index in [1.54, 1.807) is 13.4 Å². The predicted octanol–water partition coefficient (Wildman–Crippen LogP) is 2.44. The van der Waals surface area contributed by atoms with Gasteiger partial charge in [0.05, 0.1) is 0 Å². The molecule has 16 heavy (non-hydrogen) atoms. The second-order valence-corrected chi connectivity index (χ2v) is 4.11. The van der Waals surface area contributed by atoms with Crippen LogP contribution in [0.4, 0.5) is 5.82 Å². The molecule has 0 radical (unpaired) electrons. The van der Waals surface area contributed by atoms with Gasteiger partial charge in [-0.1, -0.05) is 13.8 Å². The highest BCUT2D eigenvalue weighted by molar-refractivity contribution is 5.35. The normalized spacial score (nSPS) is 10.8. The molecule has 0 amide bonds. The molecular weight excluding hydrogens is 202 g/mol. The monoisotopic (exact) mass is 223 g/mol. The maximum Gasteiger partial charge on any atom is 0.129 e. The first-order chi connectivity index (χ1) is 7.74. The number of nitrogens with zero attached hydrogens (tertiary/aromatic N) is 2. The predicted molar refractivity (Wildman–Crippen MR) is 65.7 cm³/mol. The van der Waals surface area contributed by atoms with Gasteiger partial charge in [0.15, 0.2) is 0 Å². The van der Waals surface area contributed by atoms with Gasteiger partial charge in [-0.3, -0.25) is 0 Å². The lowest BCUT2D eigenvalue weighted by molar-refractivity contribution is 0.194. The molecule has 4 nitrogen and oxygen atoms in total. The second kappa shape index (κ2) is 7.17. The lowest BCUT2D eigenvalue weighted by Gasteiger charge is -2.08. The molecule has 1 heterocycles. The van der Waals surface area contributed by atoms with E-state index >= 15 is 0 Å². The van der Waals surface area contributed by atoms with Gasteiger partial charge in [0.2, 0.25) is 0 Å². The number of ether oxygens (including phenoxy) is 1. The highest BCUT2D eigenvalue weighted by atomic mass is 16.5. The van der Waals surface area contributed by atoms with Crippen molar-refractivity contribution in [3.05, 3.63) is 18.1 Å². The van der Waals surface area contributed by atoms with Gasteiger partial charge in [-0.25, -0.2) is 9.97 Å². The maximum absolute atomic E-state index is 4.99. The molecule has 4 heteroatoms. The summed E-state index contributed by atoms with van der Waals surface area (Å²) in [7, 11) is 1.73. The smallest absolute Gasteiger partial charge is 0.129 e. The van der Waals surface area contributed by atoms with Crippen molar-refractivity contribution in [2.75, 3.05) is 25.6 Å². The molecule has 0 atom stereocenters. The van der Waals surface area contributed by atoms with E-state index in [-0.39, 0.29) is 0 Å². The molecule has 0 saturated heterocycles. The lowest BCUT2D eigenvalue weighted by atomic mass is 10.1. The van der Waals surface area contributed by atoms with Gasteiger partial charge in [0.25, 0.3) is 0 Å². The van der Waals surface area contributed by atoms with Crippen LogP contribution in [0.2, 0.25) is 0 Å². The van der Waals surface area contributed by atoms with E-state index in [9.17, 15) is 0 Å². The summed E-state index contributed by atoms with van der Waals surface area (Å²) in [5, 5.41) is 3.29. The molecule has 1 N–H and O–H groups in total. The van der Waals surface area contributed by atoms with E-state index in [1.165, 1.54) is 0 Å². The van der Waals surface area contributed by atoms with Crippen LogP contribution in [-0.4, -0.2) is 30.2 Å². The summed E-state index contributed by atoms with van der Waals surface area (Å²) in [5.74, 6) is 1.35. The van der Waals surface area contributed by atoms with Crippen LogP contribution in [-0.2, 0) is 4.74 Å². The maximum atomic E-state index is 4.99. The average Bonchev–Trinajstić information content (AvgIpc) is 2.29. The number of unbranched alkanes of at least 4 members (excludes halogenated alkanes) is 1. The number of anilines is 1. The fourth-order valence-corrected chi connectivity index (χ4v) is 1.37. The Morgan fingerprint density at radius 2 is 2.12 bits per heavy atom. The number of hydrogen-bond donors (Lipinski definition) is 1. The number of aromatic nitrogens is 2. The average molecular weight is 223 g/mol. The largest absolute Gasteiger partial charge is 0.385 e. The van der Waals surface area contributed by atoms with Crippen molar-refractivity contribution >= 4 is 5.82 Å². The Hall–Kier alpha value is -1.16. The SMILES string of the molecule is COCCCCNc1cc(C(C)C)ncn1. The van der Waals surface area contributed by atoms with Gasteiger partial charge in [-0.05, 0) is 18.8 Å². The van der Waals surface area contributed by atoms with Crippen molar-refractivity contribution in [1.29, 1.82) is 0 Å². The molecular formula is C12H21N3O. The number of hydrogen-bond acceptors (Lipinski definition) is 4. The van der Waals surface area contributed by atoms with Crippen molar-refractivity contribution in [3.8, 4) is 0 Å². The molecule has 0 aliphatic carbocycles. The molecule has 0 aliphatic rings. The minimum atomic E-state index is 0.442. The molecule has 0 bridgehead atoms. The first-order valence-electron chi connectivity index (χ1n) is 5.78. The Bertz CT molecular complexity index is 302. The topological polar surface area (TPSA) is 47.0 Å². The fraction of sp³-hybridized carbons (Fsp3) is 0.667. The third kappa shape index (κ3) is 4.57. The molecule has 0 unspecified atom stereocenters. The van der Waals surface area contributed by atoms with Gasteiger partial charge in [-0.15, -0.1) is 0 Å². The summed E-state index contributed by atoms with van der Waals surface area (Å²) in [6.45, 7) is 6.01. The Morgan fingerprint density at radius 3 is 2.81 bits per heavy atom. The van der Waals surface area contributed by atoms with E-state index in [2.05, 4.69) is 29.1 Å². The minimum absolute atomic E-state index is 0.442. The van der Waals surface area contributed by atoms with Gasteiger partial charge in [-0.2, -0.15) is 0 Å². The quantitative estimate of drug-likeness (QED) is 0.721. The van der Waals surface area contributed by atoms with E-state index in [4.69, 9.17) is 4.74 Å². The van der Waals surface area contributed by atoms with Crippen molar-refractivity contribution in [2.45, 2.75) is 32.6 Å². The number of rotatable bonds is 7. The Labute approximate surface area is 97.5 Å². The Morgan fingerprint density at radius 1 is 1.31 bits per heavy atom. The summed E-state index contributed by atoms with van der Waals surface area (Å²) in [6.07, 6.45) is 3.79. The lowest BCUT2D eigenvalue weighted by Crippen LogP contribution is -2.06. The third-order valence-electron chi connectivity index (χ3n) is 2.36. The van der Waals surface area contributed by atoms with E-state index in [0.717, 1.165) is 37.5 Å². The van der Waals surface area contributed by atoms with Gasteiger partial charge >= 0.3 is 0 Å². The minimum Gasteiger partial charge on any atom is -0.385 e. The summed E-state index contributed by atoms with van der Waals surface area (Å²) >= 11 is 0. The number of nitrogens with one attached hydrogen (secondary N) is 1. The van der Waals surface area contributed by atoms with Crippen LogP contribution < -0.4 is 5.32 Å². The first kappa shape index (κ1) is 12.9. The first-order valence-corrected chi connectivity index (χ1v) is 5.78. The highest BCUT2D eigenvalue weighted by Gasteiger charge is 2.02. The highest BCUT2D eigenvalue weighted by Crippen LogP contribution is 2.13. The fourth-order valence-electron chi connectivity index (χ4n) is 1.37. The van der Waals surface area contributed by atoms with Gasteiger partial charge in [0, 0.05) is 32.0 Å². The zero-order valence-electron chi connectivity index (χ0n) is 10.4. The zero-order valence-corrected chi connectivity index (χ0v) is 10.4. The molecule has 0 aliphatic heterocycles. The van der Waals surface area contributed by atoms with Crippen LogP contribution in [0.25, 0.3) is 0 Å². The molecule has 0 aromatic carbocycles. The summed E-state index contributed by atoms with van der Waals surface area (Å²) < 4.78 is 4.99. The van der Waals surface area contributed by atoms with Crippen molar-refractivity contribution in [1.82, 2.24) is 9.97 Å². The van der Waals surface area contributed by atoms with Crippen LogP contribution in [0.5, 0.6) is 0 Å². The van der Waals surface area contributed by atoms with E-state index in [1.807, 2.05) is 6.07 Å². The zero-order chi connectivity index (χ0) is 11.8. The van der Waals surface area contributed by atoms with Crippen LogP contribution in [0.15, 0.2) is 12.4 Å². The number of methoxy groups -OCH3 is 1. The van der Waals surface area contributed by atoms with E-state index in [0.29, 0.717) is 5.92 Å². The molecule has 90 valence electrons. The summed E-state index contributed by atoms with van der Waals surface area (Å²) in [4.78, 5) is 8.41. The van der Waals surface area contributed by atoms with Crippen LogP contribution in [0.3, 0.4) is 0 Å². The summed E-state index contributed by atoms with van der Waals surface area (Å²) in [5.41, 5.74) is 1.08. The molecule has 0 fully saturated rings.